The smallest absolute Gasteiger partial charge is 0.237 e. The number of hydrogen-bond donors (Lipinski definition) is 0. The van der Waals surface area contributed by atoms with E-state index >= 15 is 22.0 Å². The van der Waals surface area contributed by atoms with Crippen molar-refractivity contribution < 1.29 is 52.7 Å². The standard InChI is InChI=1S/C30F12N6/c1-46-28(15-22(37)24(39)27(42)29(47-2)23(15)38)14-10(7(4-43)12-18(33)16(31)9(6-45)17(32)19(12)34)11(14)8(5-44)13-20(35)25(40)30(48-3)26(41)21(13)36/b10-7+,11-8-,28-14-. The fourth-order valence-electron chi connectivity index (χ4n) is 4.45. The monoisotopic (exact) mass is 672 g/mol. The molecule has 6 nitrogen and oxygen atoms in total. The van der Waals surface area contributed by atoms with E-state index < -0.39 is 137 Å². The van der Waals surface area contributed by atoms with E-state index in [1.807, 2.05) is 0 Å². The molecule has 0 N–H and O–H groups in total. The molecule has 18 heteroatoms. The predicted molar refractivity (Wildman–Crippen MR) is 135 cm³/mol. The van der Waals surface area contributed by atoms with E-state index in [-0.39, 0.29) is 0 Å². The van der Waals surface area contributed by atoms with Crippen molar-refractivity contribution in [1.82, 2.24) is 0 Å². The van der Waals surface area contributed by atoms with E-state index in [2.05, 4.69) is 14.5 Å². The fourth-order valence-corrected chi connectivity index (χ4v) is 4.45. The van der Waals surface area contributed by atoms with Crippen LogP contribution >= 0.6 is 0 Å². The molecular formula is C30F12N6. The molecule has 0 saturated heterocycles. The van der Waals surface area contributed by atoms with Crippen LogP contribution in [0.15, 0.2) is 16.7 Å². The molecule has 1 aliphatic rings. The summed E-state index contributed by atoms with van der Waals surface area (Å²) in [6.45, 7) is 21.0. The molecular weight excluding hydrogens is 672 g/mol. The number of rotatable bonds is 3. The van der Waals surface area contributed by atoms with Crippen molar-refractivity contribution in [3.05, 3.63) is 143 Å². The quantitative estimate of drug-likeness (QED) is 0.0916. The Kier molecular flexibility index (Phi) is 8.51. The van der Waals surface area contributed by atoms with Crippen molar-refractivity contribution in [3.63, 3.8) is 0 Å². The molecule has 1 fully saturated rings. The lowest BCUT2D eigenvalue weighted by atomic mass is 9.99. The number of allylic oxidation sites excluding steroid dienone is 5. The third kappa shape index (κ3) is 4.57. The molecule has 3 aromatic carbocycles. The Hall–Kier alpha value is -7.02. The van der Waals surface area contributed by atoms with Crippen molar-refractivity contribution in [1.29, 1.82) is 15.8 Å². The lowest BCUT2D eigenvalue weighted by molar-refractivity contribution is 0.436. The summed E-state index contributed by atoms with van der Waals surface area (Å²) in [6, 6.07) is 2.73. The summed E-state index contributed by atoms with van der Waals surface area (Å²) in [7, 11) is 0. The number of nitriles is 3. The van der Waals surface area contributed by atoms with Gasteiger partial charge in [0.15, 0.2) is 64.0 Å². The summed E-state index contributed by atoms with van der Waals surface area (Å²) in [5.41, 5.74) is -21.2. The molecule has 0 bridgehead atoms. The van der Waals surface area contributed by atoms with Crippen LogP contribution in [0.5, 0.6) is 0 Å². The largest absolute Gasteiger partial charge is 0.262 e. The summed E-state index contributed by atoms with van der Waals surface area (Å²) in [4.78, 5) is 7.19. The Morgan fingerprint density at radius 2 is 0.792 bits per heavy atom. The van der Waals surface area contributed by atoms with Crippen molar-refractivity contribution in [2.45, 2.75) is 0 Å². The van der Waals surface area contributed by atoms with Gasteiger partial charge in [-0.2, -0.15) is 15.8 Å². The zero-order valence-electron chi connectivity index (χ0n) is 22.2. The highest BCUT2D eigenvalue weighted by atomic mass is 19.2. The van der Waals surface area contributed by atoms with Gasteiger partial charge in [0.2, 0.25) is 5.70 Å². The van der Waals surface area contributed by atoms with Crippen LogP contribution < -0.4 is 0 Å². The molecule has 0 radical (unpaired) electrons. The zero-order valence-corrected chi connectivity index (χ0v) is 22.2. The summed E-state index contributed by atoms with van der Waals surface area (Å²) in [5.74, 6) is -29.7. The molecule has 48 heavy (non-hydrogen) atoms. The van der Waals surface area contributed by atoms with E-state index in [9.17, 15) is 41.3 Å². The zero-order chi connectivity index (χ0) is 36.1. The van der Waals surface area contributed by atoms with Crippen molar-refractivity contribution in [2.24, 2.45) is 0 Å². The minimum Gasteiger partial charge on any atom is -0.237 e. The van der Waals surface area contributed by atoms with Crippen molar-refractivity contribution in [2.75, 3.05) is 0 Å². The maximum Gasteiger partial charge on any atom is 0.262 e. The summed E-state index contributed by atoms with van der Waals surface area (Å²) in [5, 5.41) is 28.5. The van der Waals surface area contributed by atoms with Gasteiger partial charge in [-0.25, -0.2) is 67.2 Å². The lowest BCUT2D eigenvalue weighted by Gasteiger charge is -2.08. The molecule has 0 aliphatic heterocycles. The molecule has 0 spiro atoms. The Balaban J connectivity index is 2.39. The molecule has 0 aromatic heterocycles. The van der Waals surface area contributed by atoms with Gasteiger partial charge in [-0.05, 0) is 16.7 Å². The van der Waals surface area contributed by atoms with Gasteiger partial charge in [-0.3, -0.25) is 0 Å². The van der Waals surface area contributed by atoms with E-state index in [1.54, 1.807) is 0 Å². The van der Waals surface area contributed by atoms with Crippen LogP contribution in [-0.2, 0) is 0 Å². The summed E-state index contributed by atoms with van der Waals surface area (Å²) in [6.07, 6.45) is 0. The molecule has 1 saturated carbocycles. The van der Waals surface area contributed by atoms with Gasteiger partial charge in [0.1, 0.15) is 29.6 Å². The Morgan fingerprint density at radius 3 is 1.15 bits per heavy atom. The molecule has 234 valence electrons. The number of hydrogen-bond acceptors (Lipinski definition) is 3. The van der Waals surface area contributed by atoms with E-state index in [0.717, 1.165) is 18.2 Å². The van der Waals surface area contributed by atoms with E-state index in [4.69, 9.17) is 25.0 Å². The van der Waals surface area contributed by atoms with Crippen LogP contribution in [-0.4, -0.2) is 0 Å². The first kappa shape index (κ1) is 33.9. The van der Waals surface area contributed by atoms with Crippen molar-refractivity contribution >= 4 is 28.2 Å². The fraction of sp³-hybridized carbons (Fsp3) is 0. The number of benzene rings is 3. The minimum absolute atomic E-state index is 0.775. The van der Waals surface area contributed by atoms with Crippen molar-refractivity contribution in [3.8, 4) is 18.2 Å². The van der Waals surface area contributed by atoms with Gasteiger partial charge in [0.25, 0.3) is 11.4 Å². The maximum atomic E-state index is 15.2. The van der Waals surface area contributed by atoms with Gasteiger partial charge < -0.3 is 0 Å². The average molecular weight is 672 g/mol. The number of nitrogens with zero attached hydrogens (tertiary/aromatic N) is 6. The molecule has 1 aliphatic carbocycles. The highest BCUT2D eigenvalue weighted by Crippen LogP contribution is 2.58. The van der Waals surface area contributed by atoms with Crippen LogP contribution in [0.2, 0.25) is 0 Å². The summed E-state index contributed by atoms with van der Waals surface area (Å²) >= 11 is 0. The van der Waals surface area contributed by atoms with Gasteiger partial charge in [0.05, 0.1) is 42.0 Å². The van der Waals surface area contributed by atoms with Gasteiger partial charge in [0, 0.05) is 5.56 Å². The van der Waals surface area contributed by atoms with E-state index in [0.29, 0.717) is 0 Å². The first-order valence-corrected chi connectivity index (χ1v) is 11.8. The molecule has 4 rings (SSSR count). The van der Waals surface area contributed by atoms with Crippen LogP contribution in [0.4, 0.5) is 64.1 Å². The highest BCUT2D eigenvalue weighted by molar-refractivity contribution is 6.11. The molecule has 0 atom stereocenters. The van der Waals surface area contributed by atoms with Gasteiger partial charge >= 0.3 is 0 Å². The first-order valence-electron chi connectivity index (χ1n) is 11.8. The predicted octanol–water partition coefficient (Wildman–Crippen LogP) is 8.93. The third-order valence-corrected chi connectivity index (χ3v) is 6.58. The molecule has 0 unspecified atom stereocenters. The minimum atomic E-state index is -2.60. The van der Waals surface area contributed by atoms with Crippen LogP contribution in [0, 0.1) is 124 Å². The van der Waals surface area contributed by atoms with Gasteiger partial charge in [-0.1, -0.05) is 0 Å². The molecule has 0 heterocycles. The Bertz CT molecular complexity index is 2260. The molecule has 0 amide bonds. The third-order valence-electron chi connectivity index (χ3n) is 6.58. The second-order valence-corrected chi connectivity index (χ2v) is 8.86. The maximum absolute atomic E-state index is 15.2. The average Bonchev–Trinajstić information content (AvgIpc) is 3.78. The normalized spacial score (nSPS) is 14.9. The summed E-state index contributed by atoms with van der Waals surface area (Å²) < 4.78 is 177. The number of halogens is 12. The lowest BCUT2D eigenvalue weighted by Crippen LogP contribution is -2.06. The Labute approximate surface area is 258 Å². The second-order valence-electron chi connectivity index (χ2n) is 8.86. The second kappa shape index (κ2) is 12.1. The SMILES string of the molecule is [C-]#[N+]/C(=C1/C(=C(\C#N)c2c(F)c(F)c(C#N)c(F)c2F)/C1=C(\C#N)c1c(F)c(F)c([N+]#[C-])c(F)c1F)c1c(F)c(F)c(F)c([N+]#[C-])c1F. The Morgan fingerprint density at radius 1 is 0.438 bits per heavy atom. The highest BCUT2D eigenvalue weighted by Gasteiger charge is 2.46. The van der Waals surface area contributed by atoms with E-state index in [1.165, 1.54) is 0 Å². The van der Waals surface area contributed by atoms with Crippen LogP contribution in [0.25, 0.3) is 31.4 Å². The van der Waals surface area contributed by atoms with Crippen LogP contribution in [0.3, 0.4) is 0 Å². The molecule has 3 aromatic rings. The first-order chi connectivity index (χ1) is 22.6. The topological polar surface area (TPSA) is 84.4 Å². The van der Waals surface area contributed by atoms with Crippen LogP contribution in [0.1, 0.15) is 22.3 Å². The van der Waals surface area contributed by atoms with Gasteiger partial charge in [-0.15, -0.1) is 0 Å².